The minimum atomic E-state index is -0.600. The van der Waals surface area contributed by atoms with Crippen molar-refractivity contribution in [2.45, 2.75) is 18.4 Å². The molecule has 21 heavy (non-hydrogen) atoms. The summed E-state index contributed by atoms with van der Waals surface area (Å²) in [7, 11) is 3.49. The van der Waals surface area contributed by atoms with Gasteiger partial charge in [0.25, 0.3) is 0 Å². The third-order valence-electron chi connectivity index (χ3n) is 3.71. The number of rotatable bonds is 2. The van der Waals surface area contributed by atoms with Crippen LogP contribution >= 0.6 is 15.9 Å². The lowest BCUT2D eigenvalue weighted by Gasteiger charge is -2.39. The number of amides is 2. The zero-order valence-corrected chi connectivity index (χ0v) is 13.9. The molecule has 1 saturated heterocycles. The van der Waals surface area contributed by atoms with E-state index in [2.05, 4.69) is 27.3 Å². The first-order valence-electron chi connectivity index (χ1n) is 6.87. The predicted molar refractivity (Wildman–Crippen MR) is 86.0 cm³/mol. The fraction of sp³-hybridized carbons (Fsp3) is 0.467. The normalized spacial score (nSPS) is 17.0. The van der Waals surface area contributed by atoms with Crippen molar-refractivity contribution in [1.82, 2.24) is 9.80 Å². The van der Waals surface area contributed by atoms with Gasteiger partial charge < -0.3 is 15.1 Å². The highest BCUT2D eigenvalue weighted by Gasteiger charge is 2.36. The van der Waals surface area contributed by atoms with E-state index in [0.29, 0.717) is 25.9 Å². The number of piperidine rings is 1. The number of carbonyl (C=O) groups is 1. The number of hydrogen-bond acceptors (Lipinski definition) is 3. The second-order valence-electron chi connectivity index (χ2n) is 5.49. The lowest BCUT2D eigenvalue weighted by Crippen LogP contribution is -2.52. The predicted octanol–water partition coefficient (Wildman–Crippen LogP) is 2.90. The maximum atomic E-state index is 11.9. The highest BCUT2D eigenvalue weighted by Crippen LogP contribution is 2.27. The zero-order chi connectivity index (χ0) is 15.5. The Labute approximate surface area is 133 Å². The Bertz CT molecular complexity index is 542. The molecule has 1 aliphatic rings. The molecule has 0 spiro atoms. The van der Waals surface area contributed by atoms with Crippen molar-refractivity contribution in [3.05, 3.63) is 28.7 Å². The van der Waals surface area contributed by atoms with Crippen molar-refractivity contribution in [1.29, 1.82) is 5.26 Å². The van der Waals surface area contributed by atoms with Gasteiger partial charge in [0.15, 0.2) is 0 Å². The Kier molecular flexibility index (Phi) is 4.73. The van der Waals surface area contributed by atoms with Crippen LogP contribution in [0.1, 0.15) is 12.8 Å². The van der Waals surface area contributed by atoms with Crippen LogP contribution < -0.4 is 5.32 Å². The Morgan fingerprint density at radius 2 is 1.90 bits per heavy atom. The van der Waals surface area contributed by atoms with E-state index < -0.39 is 5.54 Å². The number of hydrogen-bond donors (Lipinski definition) is 1. The number of benzene rings is 1. The Morgan fingerprint density at radius 3 is 2.38 bits per heavy atom. The number of nitrogens with one attached hydrogen (secondary N) is 1. The van der Waals surface area contributed by atoms with Gasteiger partial charge in [0.05, 0.1) is 6.07 Å². The standard InChI is InChI=1S/C15H19BrN4O/c1-19(2)14(21)20-9-7-15(11-17,8-10-20)18-13-5-3-12(16)4-6-13/h3-6,18H,7-10H2,1-2H3. The highest BCUT2D eigenvalue weighted by molar-refractivity contribution is 9.10. The summed E-state index contributed by atoms with van der Waals surface area (Å²) in [5, 5.41) is 12.9. The van der Waals surface area contributed by atoms with Crippen molar-refractivity contribution in [2.24, 2.45) is 0 Å². The molecule has 5 nitrogen and oxygen atoms in total. The van der Waals surface area contributed by atoms with Crippen molar-refractivity contribution in [2.75, 3.05) is 32.5 Å². The molecule has 1 N–H and O–H groups in total. The first-order valence-corrected chi connectivity index (χ1v) is 7.66. The van der Waals surface area contributed by atoms with Gasteiger partial charge in [0.2, 0.25) is 0 Å². The van der Waals surface area contributed by atoms with Gasteiger partial charge in [-0.05, 0) is 24.3 Å². The average molecular weight is 351 g/mol. The molecule has 1 aromatic carbocycles. The average Bonchev–Trinajstić information content (AvgIpc) is 2.49. The summed E-state index contributed by atoms with van der Waals surface area (Å²) >= 11 is 3.40. The number of nitrogens with zero attached hydrogens (tertiary/aromatic N) is 3. The number of nitriles is 1. The fourth-order valence-electron chi connectivity index (χ4n) is 2.44. The number of halogens is 1. The molecule has 0 radical (unpaired) electrons. The van der Waals surface area contributed by atoms with Crippen molar-refractivity contribution in [3.8, 4) is 6.07 Å². The third-order valence-corrected chi connectivity index (χ3v) is 4.24. The second kappa shape index (κ2) is 6.35. The van der Waals surface area contributed by atoms with Gasteiger partial charge in [-0.25, -0.2) is 4.79 Å². The summed E-state index contributed by atoms with van der Waals surface area (Å²) in [6.07, 6.45) is 1.25. The van der Waals surface area contributed by atoms with Gasteiger partial charge in [0, 0.05) is 50.2 Å². The number of urea groups is 1. The minimum absolute atomic E-state index is 0.00480. The van der Waals surface area contributed by atoms with Gasteiger partial charge in [0.1, 0.15) is 5.54 Å². The number of anilines is 1. The zero-order valence-electron chi connectivity index (χ0n) is 12.3. The van der Waals surface area contributed by atoms with E-state index in [1.54, 1.807) is 23.9 Å². The number of carbonyl (C=O) groups excluding carboxylic acids is 1. The molecule has 112 valence electrons. The van der Waals surface area contributed by atoms with Gasteiger partial charge in [-0.1, -0.05) is 15.9 Å². The van der Waals surface area contributed by atoms with Crippen molar-refractivity contribution < 1.29 is 4.79 Å². The molecule has 6 heteroatoms. The molecule has 2 rings (SSSR count). The monoisotopic (exact) mass is 350 g/mol. The molecule has 0 atom stereocenters. The molecule has 1 aromatic rings. The summed E-state index contributed by atoms with van der Waals surface area (Å²) in [5.74, 6) is 0. The first kappa shape index (κ1) is 15.6. The Balaban J connectivity index is 2.03. The molecule has 0 aliphatic carbocycles. The van der Waals surface area contributed by atoms with Crippen LogP contribution in [0.25, 0.3) is 0 Å². The second-order valence-corrected chi connectivity index (χ2v) is 6.41. The van der Waals surface area contributed by atoms with E-state index in [1.807, 2.05) is 24.3 Å². The molecule has 2 amide bonds. The van der Waals surface area contributed by atoms with Crippen LogP contribution in [0.5, 0.6) is 0 Å². The van der Waals surface area contributed by atoms with E-state index in [4.69, 9.17) is 0 Å². The van der Waals surface area contributed by atoms with Crippen LogP contribution in [0.3, 0.4) is 0 Å². The summed E-state index contributed by atoms with van der Waals surface area (Å²) in [4.78, 5) is 15.3. The van der Waals surface area contributed by atoms with Gasteiger partial charge in [-0.3, -0.25) is 0 Å². The molecule has 1 aliphatic heterocycles. The van der Waals surface area contributed by atoms with Crippen LogP contribution in [-0.4, -0.2) is 48.6 Å². The lowest BCUT2D eigenvalue weighted by molar-refractivity contribution is 0.152. The van der Waals surface area contributed by atoms with Gasteiger partial charge in [-0.2, -0.15) is 5.26 Å². The SMILES string of the molecule is CN(C)C(=O)N1CCC(C#N)(Nc2ccc(Br)cc2)CC1. The molecule has 1 heterocycles. The maximum absolute atomic E-state index is 11.9. The summed E-state index contributed by atoms with van der Waals surface area (Å²) in [5.41, 5.74) is 0.323. The molecule has 0 aromatic heterocycles. The van der Waals surface area contributed by atoms with Gasteiger partial charge >= 0.3 is 6.03 Å². The summed E-state index contributed by atoms with van der Waals surface area (Å²) in [6.45, 7) is 1.18. The van der Waals surface area contributed by atoms with Crippen LogP contribution in [0, 0.1) is 11.3 Å². The van der Waals surface area contributed by atoms with E-state index in [9.17, 15) is 10.1 Å². The molecular formula is C15H19BrN4O. The fourth-order valence-corrected chi connectivity index (χ4v) is 2.70. The van der Waals surface area contributed by atoms with Crippen molar-refractivity contribution >= 4 is 27.6 Å². The van der Waals surface area contributed by atoms with Crippen LogP contribution in [0.2, 0.25) is 0 Å². The quantitative estimate of drug-likeness (QED) is 0.891. The maximum Gasteiger partial charge on any atom is 0.319 e. The van der Waals surface area contributed by atoms with Gasteiger partial charge in [-0.15, -0.1) is 0 Å². The Morgan fingerprint density at radius 1 is 1.33 bits per heavy atom. The molecule has 0 bridgehead atoms. The Hall–Kier alpha value is -1.74. The van der Waals surface area contributed by atoms with Crippen LogP contribution in [-0.2, 0) is 0 Å². The molecule has 1 fully saturated rings. The lowest BCUT2D eigenvalue weighted by atomic mass is 9.88. The van der Waals surface area contributed by atoms with E-state index in [0.717, 1.165) is 10.2 Å². The molecular weight excluding hydrogens is 332 g/mol. The molecule has 0 unspecified atom stereocenters. The van der Waals surface area contributed by atoms with Crippen molar-refractivity contribution in [3.63, 3.8) is 0 Å². The van der Waals surface area contributed by atoms with E-state index >= 15 is 0 Å². The summed E-state index contributed by atoms with van der Waals surface area (Å²) < 4.78 is 1.01. The first-order chi connectivity index (χ1) is 9.96. The molecule has 0 saturated carbocycles. The highest BCUT2D eigenvalue weighted by atomic mass is 79.9. The smallest absolute Gasteiger partial charge is 0.319 e. The van der Waals surface area contributed by atoms with E-state index in [-0.39, 0.29) is 6.03 Å². The topological polar surface area (TPSA) is 59.4 Å². The largest absolute Gasteiger partial charge is 0.367 e. The number of likely N-dealkylation sites (tertiary alicyclic amines) is 1. The van der Waals surface area contributed by atoms with Crippen LogP contribution in [0.4, 0.5) is 10.5 Å². The minimum Gasteiger partial charge on any atom is -0.367 e. The third kappa shape index (κ3) is 3.67. The summed E-state index contributed by atoms with van der Waals surface area (Å²) in [6, 6.07) is 10.2. The van der Waals surface area contributed by atoms with E-state index in [1.165, 1.54) is 0 Å². The van der Waals surface area contributed by atoms with Crippen LogP contribution in [0.15, 0.2) is 28.7 Å².